The van der Waals surface area contributed by atoms with Gasteiger partial charge >= 0.3 is 6.03 Å². The summed E-state index contributed by atoms with van der Waals surface area (Å²) < 4.78 is 5.20. The molecule has 3 N–H and O–H groups in total. The Hall–Kier alpha value is -2.24. The van der Waals surface area contributed by atoms with Crippen molar-refractivity contribution in [1.29, 1.82) is 0 Å². The molecule has 0 atom stereocenters. The molecule has 1 aliphatic heterocycles. The number of nitrogens with one attached hydrogen (secondary N) is 1. The molecule has 0 aromatic heterocycles. The maximum atomic E-state index is 12.2. The van der Waals surface area contributed by atoms with Gasteiger partial charge in [-0.1, -0.05) is 0 Å². The van der Waals surface area contributed by atoms with Crippen LogP contribution in [0.1, 0.15) is 18.4 Å². The highest BCUT2D eigenvalue weighted by Gasteiger charge is 2.22. The largest absolute Gasteiger partial charge is 0.497 e. The third-order valence-electron chi connectivity index (χ3n) is 3.34. The molecule has 0 bridgehead atoms. The number of carbonyl (C=O) groups excluding carboxylic acids is 2. The molecule has 3 amide bonds. The first kappa shape index (κ1) is 14.2. The summed E-state index contributed by atoms with van der Waals surface area (Å²) in [6.45, 7) is 0.963. The van der Waals surface area contributed by atoms with E-state index in [0.29, 0.717) is 6.54 Å². The van der Waals surface area contributed by atoms with Gasteiger partial charge in [0.15, 0.2) is 0 Å². The molecule has 1 aliphatic rings. The molecule has 6 nitrogen and oxygen atoms in total. The molecule has 0 radical (unpaired) electrons. The normalized spacial score (nSPS) is 13.6. The molecule has 6 heteroatoms. The number of benzene rings is 1. The number of nitrogens with zero attached hydrogens (tertiary/aromatic N) is 1. The second-order valence-electron chi connectivity index (χ2n) is 4.68. The summed E-state index contributed by atoms with van der Waals surface area (Å²) in [6.07, 6.45) is 2.11. The van der Waals surface area contributed by atoms with Crippen LogP contribution in [0.5, 0.6) is 5.75 Å². The highest BCUT2D eigenvalue weighted by molar-refractivity contribution is 5.95. The molecule has 0 unspecified atom stereocenters. The van der Waals surface area contributed by atoms with Crippen LogP contribution in [-0.4, -0.2) is 32.1 Å². The maximum Gasteiger partial charge on any atom is 0.312 e. The zero-order chi connectivity index (χ0) is 14.5. The van der Waals surface area contributed by atoms with Gasteiger partial charge < -0.3 is 20.7 Å². The Morgan fingerprint density at radius 1 is 1.45 bits per heavy atom. The fourth-order valence-electron chi connectivity index (χ4n) is 2.39. The van der Waals surface area contributed by atoms with Crippen LogP contribution in [0.15, 0.2) is 18.2 Å². The van der Waals surface area contributed by atoms with E-state index in [0.717, 1.165) is 29.8 Å². The Bertz CT molecular complexity index is 516. The van der Waals surface area contributed by atoms with Gasteiger partial charge in [0.1, 0.15) is 5.75 Å². The molecule has 1 heterocycles. The van der Waals surface area contributed by atoms with Crippen molar-refractivity contribution in [2.75, 3.05) is 25.1 Å². The van der Waals surface area contributed by atoms with Crippen LogP contribution < -0.4 is 20.7 Å². The first-order valence-electron chi connectivity index (χ1n) is 6.62. The summed E-state index contributed by atoms with van der Waals surface area (Å²) >= 11 is 0. The molecule has 20 heavy (non-hydrogen) atoms. The highest BCUT2D eigenvalue weighted by atomic mass is 16.5. The average Bonchev–Trinajstić information content (AvgIpc) is 2.45. The number of urea groups is 1. The van der Waals surface area contributed by atoms with Gasteiger partial charge in [0.05, 0.1) is 7.11 Å². The first-order valence-corrected chi connectivity index (χ1v) is 6.62. The lowest BCUT2D eigenvalue weighted by Gasteiger charge is -2.30. The first-order chi connectivity index (χ1) is 9.61. The smallest absolute Gasteiger partial charge is 0.312 e. The minimum absolute atomic E-state index is 0.00938. The SMILES string of the molecule is COc1ccc2c(c1)CCCN2C(=O)CCNC(N)=O. The van der Waals surface area contributed by atoms with Crippen LogP contribution in [0, 0.1) is 0 Å². The number of fused-ring (bicyclic) bond motifs is 1. The van der Waals surface area contributed by atoms with Gasteiger partial charge in [-0.25, -0.2) is 4.79 Å². The Balaban J connectivity index is 2.07. The molecular formula is C14H19N3O3. The molecule has 0 saturated heterocycles. The molecular weight excluding hydrogens is 258 g/mol. The maximum absolute atomic E-state index is 12.2. The number of aryl methyl sites for hydroxylation is 1. The minimum Gasteiger partial charge on any atom is -0.497 e. The Morgan fingerprint density at radius 2 is 2.25 bits per heavy atom. The number of amides is 3. The minimum atomic E-state index is -0.610. The number of hydrogen-bond donors (Lipinski definition) is 2. The number of rotatable bonds is 4. The number of ether oxygens (including phenoxy) is 1. The molecule has 0 aliphatic carbocycles. The summed E-state index contributed by atoms with van der Waals surface area (Å²) in [5, 5.41) is 2.43. The van der Waals surface area contributed by atoms with Gasteiger partial charge in [-0.05, 0) is 36.6 Å². The summed E-state index contributed by atoms with van der Waals surface area (Å²) in [7, 11) is 1.63. The molecule has 108 valence electrons. The van der Waals surface area contributed by atoms with E-state index >= 15 is 0 Å². The summed E-state index contributed by atoms with van der Waals surface area (Å²) in [5.74, 6) is 0.790. The average molecular weight is 277 g/mol. The van der Waals surface area contributed by atoms with Crippen LogP contribution in [0.4, 0.5) is 10.5 Å². The summed E-state index contributed by atoms with van der Waals surface area (Å²) in [5.41, 5.74) is 7.03. The molecule has 1 aromatic rings. The predicted octanol–water partition coefficient (Wildman–Crippen LogP) is 1.03. The summed E-state index contributed by atoms with van der Waals surface area (Å²) in [6, 6.07) is 5.12. The van der Waals surface area contributed by atoms with E-state index in [1.807, 2.05) is 18.2 Å². The van der Waals surface area contributed by atoms with Gasteiger partial charge in [-0.15, -0.1) is 0 Å². The third kappa shape index (κ3) is 3.20. The van der Waals surface area contributed by atoms with Gasteiger partial charge in [0.2, 0.25) is 5.91 Å². The van der Waals surface area contributed by atoms with E-state index in [4.69, 9.17) is 10.5 Å². The van der Waals surface area contributed by atoms with E-state index in [2.05, 4.69) is 5.32 Å². The number of nitrogens with two attached hydrogens (primary N) is 1. The monoisotopic (exact) mass is 277 g/mol. The van der Waals surface area contributed by atoms with Crippen molar-refractivity contribution in [3.8, 4) is 5.75 Å². The van der Waals surface area contributed by atoms with Crippen molar-refractivity contribution in [3.63, 3.8) is 0 Å². The van der Waals surface area contributed by atoms with Crippen LogP contribution in [-0.2, 0) is 11.2 Å². The van der Waals surface area contributed by atoms with E-state index in [9.17, 15) is 9.59 Å². The molecule has 0 saturated carbocycles. The summed E-state index contributed by atoms with van der Waals surface area (Å²) in [4.78, 5) is 24.6. The number of carbonyl (C=O) groups is 2. The molecule has 2 rings (SSSR count). The van der Waals surface area contributed by atoms with Crippen molar-refractivity contribution in [2.24, 2.45) is 5.73 Å². The quantitative estimate of drug-likeness (QED) is 0.862. The van der Waals surface area contributed by atoms with E-state index in [-0.39, 0.29) is 18.9 Å². The Kier molecular flexibility index (Phi) is 4.45. The van der Waals surface area contributed by atoms with Crippen molar-refractivity contribution in [1.82, 2.24) is 5.32 Å². The number of hydrogen-bond acceptors (Lipinski definition) is 3. The number of methoxy groups -OCH3 is 1. The Morgan fingerprint density at radius 3 is 2.95 bits per heavy atom. The van der Waals surface area contributed by atoms with Crippen molar-refractivity contribution >= 4 is 17.6 Å². The van der Waals surface area contributed by atoms with Gasteiger partial charge in [-0.2, -0.15) is 0 Å². The van der Waals surface area contributed by atoms with Gasteiger partial charge in [0, 0.05) is 25.2 Å². The predicted molar refractivity (Wildman–Crippen MR) is 75.9 cm³/mol. The molecule has 0 fully saturated rings. The standard InChI is InChI=1S/C14H19N3O3/c1-20-11-4-5-12-10(9-11)3-2-8-17(12)13(18)6-7-16-14(15)19/h4-5,9H,2-3,6-8H2,1H3,(H3,15,16,19). The number of anilines is 1. The van der Waals surface area contributed by atoms with Gasteiger partial charge in [0.25, 0.3) is 0 Å². The lowest BCUT2D eigenvalue weighted by Crippen LogP contribution is -2.38. The third-order valence-corrected chi connectivity index (χ3v) is 3.34. The van der Waals surface area contributed by atoms with Crippen molar-refractivity contribution in [2.45, 2.75) is 19.3 Å². The number of primary amides is 1. The van der Waals surface area contributed by atoms with Crippen LogP contribution in [0.25, 0.3) is 0 Å². The van der Waals surface area contributed by atoms with Crippen LogP contribution in [0.2, 0.25) is 0 Å². The van der Waals surface area contributed by atoms with E-state index < -0.39 is 6.03 Å². The molecule has 0 spiro atoms. The fourth-order valence-corrected chi connectivity index (χ4v) is 2.39. The van der Waals surface area contributed by atoms with Crippen LogP contribution >= 0.6 is 0 Å². The molecule has 1 aromatic carbocycles. The zero-order valence-corrected chi connectivity index (χ0v) is 11.5. The van der Waals surface area contributed by atoms with Gasteiger partial charge in [-0.3, -0.25) is 4.79 Å². The second-order valence-corrected chi connectivity index (χ2v) is 4.68. The lowest BCUT2D eigenvalue weighted by molar-refractivity contribution is -0.118. The lowest BCUT2D eigenvalue weighted by atomic mass is 10.0. The topological polar surface area (TPSA) is 84.7 Å². The fraction of sp³-hybridized carbons (Fsp3) is 0.429. The van der Waals surface area contributed by atoms with Crippen molar-refractivity contribution in [3.05, 3.63) is 23.8 Å². The van der Waals surface area contributed by atoms with Crippen LogP contribution in [0.3, 0.4) is 0 Å². The second kappa shape index (κ2) is 6.27. The van der Waals surface area contributed by atoms with E-state index in [1.165, 1.54) is 0 Å². The zero-order valence-electron chi connectivity index (χ0n) is 11.5. The Labute approximate surface area is 117 Å². The highest BCUT2D eigenvalue weighted by Crippen LogP contribution is 2.30. The van der Waals surface area contributed by atoms with Crippen molar-refractivity contribution < 1.29 is 14.3 Å². The van der Waals surface area contributed by atoms with E-state index in [1.54, 1.807) is 12.0 Å².